The van der Waals surface area contributed by atoms with Crippen molar-refractivity contribution in [1.82, 2.24) is 40.0 Å². The van der Waals surface area contributed by atoms with Gasteiger partial charge in [0.25, 0.3) is 11.8 Å². The molecule has 14 rings (SSSR count). The van der Waals surface area contributed by atoms with Crippen LogP contribution in [0.25, 0.3) is 44.5 Å². The maximum atomic E-state index is 12.8. The van der Waals surface area contributed by atoms with Crippen molar-refractivity contribution in [2.75, 3.05) is 63.9 Å². The SMILES string of the molecule is C.C.C.C.C.C.CON(C)C(=O)c1ncccc1Br.COc1ccccc1-c1cccnc1C(=O)N(C)OC.COc1ccccc1-c1cccnc1C(=O)c1ccc(C(F)(F)F)cc1.COc1ccccc1-c1cccnc1C(O)c1ccc(C(F)(F)F)cc1.COc1ccccc1-c1cccnc1Cc1ccc(C(F)(F)F)cc1.COc1ccccc1B(O)O.O=C(O)c1ncccc1Br.[V]. The number of aromatic carboxylic acids is 1. The van der Waals surface area contributed by atoms with E-state index in [1.54, 1.807) is 156 Å². The number of ketones is 1. The minimum atomic E-state index is -4.45. The summed E-state index contributed by atoms with van der Waals surface area (Å²) in [6.07, 6.45) is -4.68. The molecule has 2 amide bonds. The molecule has 0 aliphatic carbocycles. The molecule has 23 nitrogen and oxygen atoms in total. The van der Waals surface area contributed by atoms with Crippen LogP contribution in [0.1, 0.15) is 137 Å². The molecule has 1 atom stereocenters. The van der Waals surface area contributed by atoms with Gasteiger partial charge < -0.3 is 43.9 Å². The number of hydrogen-bond acceptors (Lipinski definition) is 20. The van der Waals surface area contributed by atoms with E-state index in [-0.39, 0.29) is 91.9 Å². The van der Waals surface area contributed by atoms with Gasteiger partial charge in [-0.25, -0.2) is 24.9 Å². The third-order valence-electron chi connectivity index (χ3n) is 18.7. The van der Waals surface area contributed by atoms with Gasteiger partial charge in [0, 0.05) is 136 Å². The van der Waals surface area contributed by atoms with Crippen molar-refractivity contribution < 1.29 is 131 Å². The van der Waals surface area contributed by atoms with E-state index in [1.807, 2.05) is 84.9 Å². The largest absolute Gasteiger partial charge is 0.497 e. The molecule has 6 heterocycles. The average Bonchev–Trinajstić information content (AvgIpc) is 0.794. The Kier molecular flexibility index (Phi) is 52.8. The second-order valence-corrected chi connectivity index (χ2v) is 28.6. The molecule has 1 radical (unpaired) electrons. The molecule has 0 saturated carbocycles. The number of halogens is 11. The zero-order valence-electron chi connectivity index (χ0n) is 71.7. The molecule has 0 bridgehead atoms. The topological polar surface area (TPSA) is 298 Å². The Hall–Kier alpha value is -13.5. The first kappa shape index (κ1) is 123. The molecule has 0 aliphatic heterocycles. The Morgan fingerprint density at radius 3 is 1.04 bits per heavy atom. The van der Waals surface area contributed by atoms with E-state index in [2.05, 4.69) is 61.8 Å². The van der Waals surface area contributed by atoms with E-state index < -0.39 is 60.2 Å². The van der Waals surface area contributed by atoms with Crippen LogP contribution in [0.15, 0.2) is 313 Å². The summed E-state index contributed by atoms with van der Waals surface area (Å²) in [5.74, 6) is 1.02. The first-order valence-electron chi connectivity index (χ1n) is 38.8. The number of hydrogen-bond donors (Lipinski definition) is 4. The van der Waals surface area contributed by atoms with Crippen molar-refractivity contribution in [3.63, 3.8) is 0 Å². The summed E-state index contributed by atoms with van der Waals surface area (Å²) in [6.45, 7) is 0. The summed E-state index contributed by atoms with van der Waals surface area (Å²) in [6, 6.07) is 71.1. The smallest absolute Gasteiger partial charge is 0.492 e. The molecule has 0 fully saturated rings. The maximum absolute atomic E-state index is 12.8. The average molecular weight is 2080 g/mol. The van der Waals surface area contributed by atoms with Crippen molar-refractivity contribution in [3.8, 4) is 73.3 Å². The predicted octanol–water partition coefficient (Wildman–Crippen LogP) is 23.8. The van der Waals surface area contributed by atoms with Crippen LogP contribution in [0.4, 0.5) is 39.5 Å². The van der Waals surface area contributed by atoms with Crippen molar-refractivity contribution in [2.45, 2.75) is 75.6 Å². The normalized spacial score (nSPS) is 10.4. The van der Waals surface area contributed by atoms with E-state index in [9.17, 15) is 63.8 Å². The van der Waals surface area contributed by atoms with Gasteiger partial charge in [0.1, 0.15) is 51.9 Å². The number of nitrogens with zero attached hydrogens (tertiary/aromatic N) is 8. The number of methoxy groups -OCH3 is 5. The Morgan fingerprint density at radius 1 is 0.362 bits per heavy atom. The van der Waals surface area contributed by atoms with Crippen molar-refractivity contribution in [3.05, 3.63) is 381 Å². The minimum Gasteiger partial charge on any atom is -0.497 e. The molecular weight excluding hydrogens is 1970 g/mol. The molecule has 14 aromatic rings. The Morgan fingerprint density at radius 2 is 0.667 bits per heavy atom. The van der Waals surface area contributed by atoms with Crippen LogP contribution in [-0.4, -0.2) is 155 Å². The Labute approximate surface area is 826 Å². The van der Waals surface area contributed by atoms with E-state index in [4.69, 9.17) is 48.5 Å². The van der Waals surface area contributed by atoms with Gasteiger partial charge in [-0.2, -0.15) is 39.5 Å². The third kappa shape index (κ3) is 34.3. The number of aliphatic hydroxyl groups is 1. The zero-order chi connectivity index (χ0) is 95.5. The molecular formula is C102H108BBr2F9N8O15V. The monoisotopic (exact) mass is 2080 g/mol. The van der Waals surface area contributed by atoms with Crippen LogP contribution in [0.3, 0.4) is 0 Å². The van der Waals surface area contributed by atoms with Crippen LogP contribution in [-0.2, 0) is 53.2 Å². The fourth-order valence-corrected chi connectivity index (χ4v) is 13.0. The fraction of sp³-hybridized carbons (Fsp3) is 0.196. The number of carboxylic acids is 1. The van der Waals surface area contributed by atoms with E-state index >= 15 is 0 Å². The third-order valence-corrected chi connectivity index (χ3v) is 20.0. The number of carboxylic acid groups (broad SMARTS) is 1. The van der Waals surface area contributed by atoms with Gasteiger partial charge in [0.05, 0.1) is 82.3 Å². The minimum absolute atomic E-state index is 0. The van der Waals surface area contributed by atoms with Crippen LogP contribution >= 0.6 is 31.9 Å². The number of aliphatic hydroxyl groups excluding tert-OH is 1. The standard InChI is InChI=1S/C20H16F3NO2.C20H14F3NO2.C20H16F3NO.C15H16N2O3.C8H9BrN2O2.C7H9BO3.C6H4BrNO2.6CH4.V/c2*1-26-17-7-3-2-5-15(17)16-6-4-12-24-18(16)19(25)13-8-10-14(11-9-13)20(21,22)23;1-25-19-7-3-2-5-17(19)16-6-4-12-24-18(16)13-14-8-10-15(11-9-14)20(21,22)23;1-17(20-3)15(18)14-12(8-6-10-16-14)11-7-4-5-9-13(11)19-2;1-11(13-2)8(12)7-6(9)4-3-5-10-7;1-11-7-5-3-2-4-6(7)8(9)10;7-4-2-1-3-8-5(4)6(9)10;;;;;;;/h2-12,19,25H,1H3;2-12H,1H3;2-12H,13H2,1H3;4-10H,1-3H3;3-5H,1-2H3;2-5,9-10H,1H3;1-3H,(H,9,10);6*1H4;. The Bertz CT molecular complexity index is 6110. The number of para-hydroxylation sites is 5. The molecule has 0 aliphatic rings. The van der Waals surface area contributed by atoms with Gasteiger partial charge in [-0.1, -0.05) is 196 Å². The molecule has 0 spiro atoms. The van der Waals surface area contributed by atoms with Gasteiger partial charge in [0.15, 0.2) is 5.69 Å². The van der Waals surface area contributed by atoms with E-state index in [0.717, 1.165) is 97.9 Å². The quantitative estimate of drug-likeness (QED) is 0.0225. The summed E-state index contributed by atoms with van der Waals surface area (Å²) in [5.41, 5.74) is 7.32. The van der Waals surface area contributed by atoms with Crippen LogP contribution in [0.2, 0.25) is 0 Å². The molecule has 731 valence electrons. The first-order valence-corrected chi connectivity index (χ1v) is 40.4. The number of pyridine rings is 6. The second-order valence-electron chi connectivity index (χ2n) is 26.9. The molecule has 6 aromatic heterocycles. The second kappa shape index (κ2) is 59.5. The molecule has 4 N–H and O–H groups in total. The van der Waals surface area contributed by atoms with E-state index in [1.165, 1.54) is 78.3 Å². The number of benzene rings is 8. The molecule has 1 unspecified atom stereocenters. The van der Waals surface area contributed by atoms with Crippen molar-refractivity contribution >= 4 is 68.0 Å². The molecule has 36 heteroatoms. The van der Waals surface area contributed by atoms with Gasteiger partial charge in [-0.3, -0.25) is 44.0 Å². The van der Waals surface area contributed by atoms with Crippen molar-refractivity contribution in [1.29, 1.82) is 0 Å². The van der Waals surface area contributed by atoms with Gasteiger partial charge >= 0.3 is 31.6 Å². The maximum Gasteiger partial charge on any atom is 0.492 e. The summed E-state index contributed by atoms with van der Waals surface area (Å²) in [5, 5.41) is 39.1. The molecule has 8 aromatic carbocycles. The number of alkyl halides is 9. The number of ether oxygens (including phenoxy) is 5. The summed E-state index contributed by atoms with van der Waals surface area (Å²) >= 11 is 6.28. The zero-order valence-corrected chi connectivity index (χ0v) is 76.3. The fourth-order valence-electron chi connectivity index (χ4n) is 12.1. The van der Waals surface area contributed by atoms with Gasteiger partial charge in [-0.15, -0.1) is 0 Å². The number of amides is 2. The van der Waals surface area contributed by atoms with Crippen molar-refractivity contribution in [2.24, 2.45) is 0 Å². The van der Waals surface area contributed by atoms with Gasteiger partial charge in [-0.05, 0) is 158 Å². The number of rotatable bonds is 21. The number of aromatic nitrogens is 6. The molecule has 138 heavy (non-hydrogen) atoms. The first-order chi connectivity index (χ1) is 62.6. The summed E-state index contributed by atoms with van der Waals surface area (Å²) in [7, 11) is 12.2. The van der Waals surface area contributed by atoms with Gasteiger partial charge in [0.2, 0.25) is 5.78 Å². The van der Waals surface area contributed by atoms with E-state index in [0.29, 0.717) is 88.7 Å². The summed E-state index contributed by atoms with van der Waals surface area (Å²) in [4.78, 5) is 81.1. The number of carbonyl (C=O) groups is 4. The van der Waals surface area contributed by atoms with Crippen LogP contribution in [0.5, 0.6) is 28.7 Å². The predicted molar refractivity (Wildman–Crippen MR) is 522 cm³/mol. The number of hydroxylamine groups is 4. The Balaban J connectivity index is 0.000000818. The molecule has 0 saturated heterocycles. The summed E-state index contributed by atoms with van der Waals surface area (Å²) < 4.78 is 142. The van der Waals surface area contributed by atoms with Crippen LogP contribution in [0, 0.1) is 0 Å². The van der Waals surface area contributed by atoms with Crippen LogP contribution < -0.4 is 29.1 Å². The number of carbonyl (C=O) groups excluding carboxylic acids is 3.